The third-order valence-electron chi connectivity index (χ3n) is 5.29. The second-order valence-corrected chi connectivity index (χ2v) is 7.09. The van der Waals surface area contributed by atoms with Gasteiger partial charge in [0.25, 0.3) is 0 Å². The van der Waals surface area contributed by atoms with Crippen molar-refractivity contribution in [3.05, 3.63) is 60.0 Å². The molecule has 1 aliphatic carbocycles. The van der Waals surface area contributed by atoms with Gasteiger partial charge in [0.1, 0.15) is 0 Å². The number of pyridine rings is 1. The number of fused-ring (bicyclic) bond motifs is 1. The Labute approximate surface area is 161 Å². The van der Waals surface area contributed by atoms with Crippen molar-refractivity contribution in [2.24, 2.45) is 0 Å². The van der Waals surface area contributed by atoms with Gasteiger partial charge in [-0.2, -0.15) is 0 Å². The molecule has 5 rings (SSSR count). The zero-order valence-electron chi connectivity index (χ0n) is 15.2. The molecule has 1 aromatic carbocycles. The Morgan fingerprint density at radius 2 is 1.89 bits per heavy atom. The number of rotatable bonds is 6. The van der Waals surface area contributed by atoms with E-state index in [1.54, 1.807) is 12.4 Å². The average Bonchev–Trinajstić information content (AvgIpc) is 3.16. The van der Waals surface area contributed by atoms with Crippen LogP contribution in [0.4, 0.5) is 0 Å². The maximum Gasteiger partial charge on any atom is 0.232 e. The Morgan fingerprint density at radius 1 is 1.07 bits per heavy atom. The average molecular weight is 377 g/mol. The summed E-state index contributed by atoms with van der Waals surface area (Å²) in [6.07, 6.45) is 5.84. The van der Waals surface area contributed by atoms with E-state index in [4.69, 9.17) is 14.0 Å². The van der Waals surface area contributed by atoms with Gasteiger partial charge >= 0.3 is 0 Å². The molecule has 0 unspecified atom stereocenters. The fourth-order valence-corrected chi connectivity index (χ4v) is 3.45. The summed E-state index contributed by atoms with van der Waals surface area (Å²) < 4.78 is 16.3. The fraction of sp³-hybridized carbons (Fsp3) is 0.286. The monoisotopic (exact) mass is 377 g/mol. The van der Waals surface area contributed by atoms with Gasteiger partial charge in [0.2, 0.25) is 12.7 Å². The molecule has 1 fully saturated rings. The standard InChI is InChI=1S/C21H19N3O4/c25-20(23-10-5-14-3-8-22-9-4-14)21(6-7-21)19-12-17(28-24-19)15-1-2-16-18(11-15)27-13-26-16/h1-4,8-9,11-12H,5-7,10,13H2,(H,23,25). The first kappa shape index (κ1) is 16.8. The zero-order chi connectivity index (χ0) is 19.0. The third kappa shape index (κ3) is 2.98. The van der Waals surface area contributed by atoms with Crippen LogP contribution in [-0.4, -0.2) is 29.4 Å². The number of nitrogens with one attached hydrogen (secondary N) is 1. The smallest absolute Gasteiger partial charge is 0.232 e. The minimum atomic E-state index is -0.573. The fourth-order valence-electron chi connectivity index (χ4n) is 3.45. The van der Waals surface area contributed by atoms with Gasteiger partial charge in [0.15, 0.2) is 17.3 Å². The number of carbonyl (C=O) groups excluding carboxylic acids is 1. The predicted molar refractivity (Wildman–Crippen MR) is 99.9 cm³/mol. The van der Waals surface area contributed by atoms with Gasteiger partial charge < -0.3 is 19.3 Å². The lowest BCUT2D eigenvalue weighted by Gasteiger charge is -2.12. The molecule has 2 aliphatic rings. The van der Waals surface area contributed by atoms with E-state index in [2.05, 4.69) is 15.5 Å². The Balaban J connectivity index is 1.27. The van der Waals surface area contributed by atoms with Crippen LogP contribution in [0.25, 0.3) is 11.3 Å². The van der Waals surface area contributed by atoms with E-state index in [9.17, 15) is 4.79 Å². The largest absolute Gasteiger partial charge is 0.454 e. The van der Waals surface area contributed by atoms with Crippen LogP contribution in [0.1, 0.15) is 24.1 Å². The van der Waals surface area contributed by atoms with Gasteiger partial charge in [-0.3, -0.25) is 9.78 Å². The Hall–Kier alpha value is -3.35. The normalized spacial score (nSPS) is 16.0. The molecule has 28 heavy (non-hydrogen) atoms. The van der Waals surface area contributed by atoms with Crippen molar-refractivity contribution in [3.8, 4) is 22.8 Å². The van der Waals surface area contributed by atoms with E-state index >= 15 is 0 Å². The van der Waals surface area contributed by atoms with Crippen molar-refractivity contribution >= 4 is 5.91 Å². The van der Waals surface area contributed by atoms with Crippen molar-refractivity contribution in [2.45, 2.75) is 24.7 Å². The summed E-state index contributed by atoms with van der Waals surface area (Å²) in [6.45, 7) is 0.806. The Kier molecular flexibility index (Phi) is 4.00. The maximum absolute atomic E-state index is 12.8. The number of hydrogen-bond acceptors (Lipinski definition) is 6. The van der Waals surface area contributed by atoms with E-state index in [0.29, 0.717) is 23.7 Å². The van der Waals surface area contributed by atoms with E-state index in [1.165, 1.54) is 0 Å². The lowest BCUT2D eigenvalue weighted by molar-refractivity contribution is -0.123. The van der Waals surface area contributed by atoms with Gasteiger partial charge in [-0.1, -0.05) is 5.16 Å². The van der Waals surface area contributed by atoms with Crippen LogP contribution in [0.15, 0.2) is 53.3 Å². The van der Waals surface area contributed by atoms with Crippen LogP contribution in [0.3, 0.4) is 0 Å². The summed E-state index contributed by atoms with van der Waals surface area (Å²) >= 11 is 0. The second kappa shape index (κ2) is 6.67. The first-order valence-corrected chi connectivity index (χ1v) is 9.29. The maximum atomic E-state index is 12.8. The van der Waals surface area contributed by atoms with Crippen molar-refractivity contribution in [1.29, 1.82) is 0 Å². The summed E-state index contributed by atoms with van der Waals surface area (Å²) in [6, 6.07) is 11.4. The number of aromatic nitrogens is 2. The summed E-state index contributed by atoms with van der Waals surface area (Å²) in [5.74, 6) is 2.03. The highest BCUT2D eigenvalue weighted by atomic mass is 16.7. The van der Waals surface area contributed by atoms with Crippen LogP contribution >= 0.6 is 0 Å². The lowest BCUT2D eigenvalue weighted by atomic mass is 10.00. The summed E-state index contributed by atoms with van der Waals surface area (Å²) in [7, 11) is 0. The van der Waals surface area contributed by atoms with Crippen LogP contribution in [-0.2, 0) is 16.6 Å². The number of amides is 1. The predicted octanol–water partition coefficient (Wildman–Crippen LogP) is 2.86. The van der Waals surface area contributed by atoms with E-state index in [0.717, 1.165) is 36.1 Å². The van der Waals surface area contributed by atoms with Crippen LogP contribution in [0, 0.1) is 0 Å². The Bertz CT molecular complexity index is 1010. The first-order chi connectivity index (χ1) is 13.7. The molecule has 142 valence electrons. The van der Waals surface area contributed by atoms with Crippen molar-refractivity contribution in [1.82, 2.24) is 15.5 Å². The Morgan fingerprint density at radius 3 is 2.71 bits per heavy atom. The molecular weight excluding hydrogens is 358 g/mol. The molecule has 0 bridgehead atoms. The second-order valence-electron chi connectivity index (χ2n) is 7.09. The van der Waals surface area contributed by atoms with Crippen molar-refractivity contribution in [3.63, 3.8) is 0 Å². The van der Waals surface area contributed by atoms with Crippen LogP contribution in [0.5, 0.6) is 11.5 Å². The minimum Gasteiger partial charge on any atom is -0.454 e. The molecule has 1 N–H and O–H groups in total. The van der Waals surface area contributed by atoms with E-state index in [-0.39, 0.29) is 12.7 Å². The quantitative estimate of drug-likeness (QED) is 0.711. The molecule has 1 saturated carbocycles. The number of ether oxygens (including phenoxy) is 2. The van der Waals surface area contributed by atoms with E-state index in [1.807, 2.05) is 36.4 Å². The highest BCUT2D eigenvalue weighted by molar-refractivity contribution is 5.91. The SMILES string of the molecule is O=C(NCCc1ccncc1)C1(c2cc(-c3ccc4c(c3)OCO4)on2)CC1. The topological polar surface area (TPSA) is 86.5 Å². The number of carbonyl (C=O) groups is 1. The number of hydrogen-bond donors (Lipinski definition) is 1. The number of benzene rings is 1. The molecule has 7 heteroatoms. The zero-order valence-corrected chi connectivity index (χ0v) is 15.2. The van der Waals surface area contributed by atoms with Crippen LogP contribution in [0.2, 0.25) is 0 Å². The van der Waals surface area contributed by atoms with Gasteiger partial charge in [0.05, 0.1) is 11.1 Å². The van der Waals surface area contributed by atoms with Crippen molar-refractivity contribution in [2.75, 3.05) is 13.3 Å². The molecule has 7 nitrogen and oxygen atoms in total. The van der Waals surface area contributed by atoms with Gasteiger partial charge in [0, 0.05) is 30.6 Å². The van der Waals surface area contributed by atoms with Gasteiger partial charge in [-0.05, 0) is 55.2 Å². The molecule has 0 radical (unpaired) electrons. The van der Waals surface area contributed by atoms with Gasteiger partial charge in [-0.15, -0.1) is 0 Å². The molecule has 3 heterocycles. The van der Waals surface area contributed by atoms with Crippen molar-refractivity contribution < 1.29 is 18.8 Å². The van der Waals surface area contributed by atoms with Gasteiger partial charge in [-0.25, -0.2) is 0 Å². The molecule has 2 aromatic heterocycles. The van der Waals surface area contributed by atoms with E-state index < -0.39 is 5.41 Å². The molecule has 1 amide bonds. The van der Waals surface area contributed by atoms with Crippen LogP contribution < -0.4 is 14.8 Å². The number of nitrogens with zero attached hydrogens (tertiary/aromatic N) is 2. The highest BCUT2D eigenvalue weighted by Crippen LogP contribution is 2.49. The third-order valence-corrected chi connectivity index (χ3v) is 5.29. The molecular formula is C21H19N3O4. The summed E-state index contributed by atoms with van der Waals surface area (Å²) in [5.41, 5.74) is 2.10. The molecule has 0 spiro atoms. The summed E-state index contributed by atoms with van der Waals surface area (Å²) in [4.78, 5) is 16.8. The molecule has 0 saturated heterocycles. The summed E-state index contributed by atoms with van der Waals surface area (Å²) in [5, 5.41) is 7.23. The molecule has 0 atom stereocenters. The molecule has 3 aromatic rings. The lowest BCUT2D eigenvalue weighted by Crippen LogP contribution is -2.36. The molecule has 1 aliphatic heterocycles. The highest BCUT2D eigenvalue weighted by Gasteiger charge is 2.53. The first-order valence-electron chi connectivity index (χ1n) is 9.29. The minimum absolute atomic E-state index is 0.00657.